The molecule has 1 unspecified atom stereocenters. The molecule has 0 aliphatic carbocycles. The molecule has 1 atom stereocenters. The first-order valence-electron chi connectivity index (χ1n) is 7.42. The maximum absolute atomic E-state index is 10.8. The highest BCUT2D eigenvalue weighted by Crippen LogP contribution is 2.28. The smallest absolute Gasteiger partial charge is 0.320 e. The molecule has 2 aromatic carbocycles. The first-order valence-corrected chi connectivity index (χ1v) is 7.42. The molecule has 2 rings (SSSR count). The summed E-state index contributed by atoms with van der Waals surface area (Å²) in [6.45, 7) is 0.536. The highest BCUT2D eigenvalue weighted by molar-refractivity contribution is 5.73. The fourth-order valence-corrected chi connectivity index (χ4v) is 2.22. The minimum atomic E-state index is -1.02. The summed E-state index contributed by atoms with van der Waals surface area (Å²) < 4.78 is 11.1. The van der Waals surface area contributed by atoms with E-state index in [-0.39, 0.29) is 6.42 Å². The monoisotopic (exact) mass is 315 g/mol. The molecule has 3 N–H and O–H groups in total. The van der Waals surface area contributed by atoms with Gasteiger partial charge in [-0.05, 0) is 29.7 Å². The van der Waals surface area contributed by atoms with Gasteiger partial charge < -0.3 is 20.3 Å². The highest BCUT2D eigenvalue weighted by atomic mass is 16.5. The second kappa shape index (κ2) is 8.19. The second-order valence-electron chi connectivity index (χ2n) is 5.22. The predicted molar refractivity (Wildman–Crippen MR) is 88.0 cm³/mol. The Kier molecular flexibility index (Phi) is 6.00. The summed E-state index contributed by atoms with van der Waals surface area (Å²) in [5.41, 5.74) is 7.55. The number of nitrogens with two attached hydrogens (primary N) is 1. The largest absolute Gasteiger partial charge is 0.493 e. The molecule has 122 valence electrons. The standard InChI is InChI=1S/C18H21NO4/c1-22-17-12-14(11-15(19)18(20)21)7-8-16(17)23-10-9-13-5-3-2-4-6-13/h2-8,12,15H,9-11,19H2,1H3,(H,20,21). The molecular formula is C18H21NO4. The van der Waals surface area contributed by atoms with Gasteiger partial charge in [-0.2, -0.15) is 0 Å². The number of ether oxygens (including phenoxy) is 2. The van der Waals surface area contributed by atoms with Gasteiger partial charge in [0.05, 0.1) is 13.7 Å². The van der Waals surface area contributed by atoms with E-state index in [0.29, 0.717) is 18.1 Å². The summed E-state index contributed by atoms with van der Waals surface area (Å²) in [5, 5.41) is 8.87. The number of carbonyl (C=O) groups is 1. The van der Waals surface area contributed by atoms with Crippen molar-refractivity contribution in [1.29, 1.82) is 0 Å². The Morgan fingerprint density at radius 2 is 1.87 bits per heavy atom. The average molecular weight is 315 g/mol. The number of hydrogen-bond acceptors (Lipinski definition) is 4. The summed E-state index contributed by atoms with van der Waals surface area (Å²) in [4.78, 5) is 10.8. The van der Waals surface area contributed by atoms with Crippen molar-refractivity contribution in [2.75, 3.05) is 13.7 Å². The lowest BCUT2D eigenvalue weighted by molar-refractivity contribution is -0.138. The van der Waals surface area contributed by atoms with E-state index >= 15 is 0 Å². The number of aliphatic carboxylic acids is 1. The van der Waals surface area contributed by atoms with Crippen LogP contribution in [0.5, 0.6) is 11.5 Å². The zero-order valence-corrected chi connectivity index (χ0v) is 13.1. The molecule has 23 heavy (non-hydrogen) atoms. The van der Waals surface area contributed by atoms with Gasteiger partial charge in [-0.25, -0.2) is 0 Å². The van der Waals surface area contributed by atoms with Gasteiger partial charge in [0.1, 0.15) is 6.04 Å². The van der Waals surface area contributed by atoms with Crippen molar-refractivity contribution in [1.82, 2.24) is 0 Å². The number of carboxylic acids is 1. The van der Waals surface area contributed by atoms with E-state index in [1.54, 1.807) is 19.2 Å². The number of rotatable bonds is 8. The zero-order valence-electron chi connectivity index (χ0n) is 13.1. The third-order valence-corrected chi connectivity index (χ3v) is 3.49. The van der Waals surface area contributed by atoms with Crippen LogP contribution in [0.1, 0.15) is 11.1 Å². The van der Waals surface area contributed by atoms with E-state index in [2.05, 4.69) is 12.1 Å². The summed E-state index contributed by atoms with van der Waals surface area (Å²) in [6.07, 6.45) is 1.05. The van der Waals surface area contributed by atoms with Crippen LogP contribution in [0.4, 0.5) is 0 Å². The Morgan fingerprint density at radius 3 is 2.52 bits per heavy atom. The normalized spacial score (nSPS) is 11.7. The van der Waals surface area contributed by atoms with Crippen LogP contribution in [0.2, 0.25) is 0 Å². The Hall–Kier alpha value is -2.53. The van der Waals surface area contributed by atoms with Crippen molar-refractivity contribution < 1.29 is 19.4 Å². The van der Waals surface area contributed by atoms with Gasteiger partial charge in [0.25, 0.3) is 0 Å². The van der Waals surface area contributed by atoms with Gasteiger partial charge in [-0.15, -0.1) is 0 Å². The molecule has 5 heteroatoms. The first-order chi connectivity index (χ1) is 11.1. The van der Waals surface area contributed by atoms with Crippen molar-refractivity contribution in [3.05, 3.63) is 59.7 Å². The van der Waals surface area contributed by atoms with E-state index < -0.39 is 12.0 Å². The van der Waals surface area contributed by atoms with Gasteiger partial charge >= 0.3 is 5.97 Å². The fourth-order valence-electron chi connectivity index (χ4n) is 2.22. The Labute approximate surface area is 135 Å². The van der Waals surface area contributed by atoms with Crippen LogP contribution >= 0.6 is 0 Å². The number of methoxy groups -OCH3 is 1. The second-order valence-corrected chi connectivity index (χ2v) is 5.22. The average Bonchev–Trinajstić information content (AvgIpc) is 2.56. The van der Waals surface area contributed by atoms with Crippen LogP contribution in [0, 0.1) is 0 Å². The van der Waals surface area contributed by atoms with Crippen molar-refractivity contribution in [2.45, 2.75) is 18.9 Å². The molecular weight excluding hydrogens is 294 g/mol. The minimum absolute atomic E-state index is 0.246. The van der Waals surface area contributed by atoms with Gasteiger partial charge in [0, 0.05) is 6.42 Å². The third kappa shape index (κ3) is 5.00. The molecule has 0 aliphatic heterocycles. The SMILES string of the molecule is COc1cc(CC(N)C(=O)O)ccc1OCCc1ccccc1. The number of benzene rings is 2. The van der Waals surface area contributed by atoms with E-state index in [1.165, 1.54) is 5.56 Å². The lowest BCUT2D eigenvalue weighted by Gasteiger charge is -2.13. The number of hydrogen-bond donors (Lipinski definition) is 2. The third-order valence-electron chi connectivity index (χ3n) is 3.49. The molecule has 2 aromatic rings. The van der Waals surface area contributed by atoms with Crippen molar-refractivity contribution in [3.8, 4) is 11.5 Å². The van der Waals surface area contributed by atoms with Crippen LogP contribution in [0.15, 0.2) is 48.5 Å². The molecule has 0 saturated heterocycles. The fraction of sp³-hybridized carbons (Fsp3) is 0.278. The van der Waals surface area contributed by atoms with E-state index in [1.807, 2.05) is 24.3 Å². The predicted octanol–water partition coefficient (Wildman–Crippen LogP) is 2.27. The van der Waals surface area contributed by atoms with Gasteiger partial charge in [0.2, 0.25) is 0 Å². The number of carboxylic acid groups (broad SMARTS) is 1. The summed E-state index contributed by atoms with van der Waals surface area (Å²) in [7, 11) is 1.56. The van der Waals surface area contributed by atoms with Crippen LogP contribution in [0.3, 0.4) is 0 Å². The minimum Gasteiger partial charge on any atom is -0.493 e. The van der Waals surface area contributed by atoms with Crippen LogP contribution in [-0.4, -0.2) is 30.8 Å². The summed E-state index contributed by atoms with van der Waals surface area (Å²) >= 11 is 0. The van der Waals surface area contributed by atoms with E-state index in [0.717, 1.165) is 12.0 Å². The molecule has 0 amide bonds. The molecule has 0 fully saturated rings. The maximum atomic E-state index is 10.8. The van der Waals surface area contributed by atoms with Crippen LogP contribution in [0.25, 0.3) is 0 Å². The molecule has 0 aromatic heterocycles. The van der Waals surface area contributed by atoms with Crippen LogP contribution < -0.4 is 15.2 Å². The Morgan fingerprint density at radius 1 is 1.13 bits per heavy atom. The van der Waals surface area contributed by atoms with E-state index in [4.69, 9.17) is 20.3 Å². The van der Waals surface area contributed by atoms with Crippen molar-refractivity contribution in [3.63, 3.8) is 0 Å². The lowest BCUT2D eigenvalue weighted by Crippen LogP contribution is -2.32. The van der Waals surface area contributed by atoms with Gasteiger partial charge in [-0.3, -0.25) is 4.79 Å². The summed E-state index contributed by atoms with van der Waals surface area (Å²) in [5.74, 6) is 0.191. The zero-order chi connectivity index (χ0) is 16.7. The first kappa shape index (κ1) is 16.8. The summed E-state index contributed by atoms with van der Waals surface area (Å²) in [6, 6.07) is 14.5. The van der Waals surface area contributed by atoms with Crippen molar-refractivity contribution in [2.24, 2.45) is 5.73 Å². The maximum Gasteiger partial charge on any atom is 0.320 e. The molecule has 0 bridgehead atoms. The topological polar surface area (TPSA) is 81.8 Å². The Balaban J connectivity index is 1.97. The van der Waals surface area contributed by atoms with Gasteiger partial charge in [0.15, 0.2) is 11.5 Å². The Bertz CT molecular complexity index is 643. The molecule has 0 spiro atoms. The highest BCUT2D eigenvalue weighted by Gasteiger charge is 2.14. The van der Waals surface area contributed by atoms with Gasteiger partial charge in [-0.1, -0.05) is 36.4 Å². The lowest BCUT2D eigenvalue weighted by atomic mass is 10.1. The molecule has 0 saturated carbocycles. The molecule has 0 heterocycles. The quantitative estimate of drug-likeness (QED) is 0.781. The van der Waals surface area contributed by atoms with Crippen LogP contribution in [-0.2, 0) is 17.6 Å². The molecule has 0 radical (unpaired) electrons. The van der Waals surface area contributed by atoms with Crippen molar-refractivity contribution >= 4 is 5.97 Å². The molecule has 0 aliphatic rings. The molecule has 5 nitrogen and oxygen atoms in total. The van der Waals surface area contributed by atoms with E-state index in [9.17, 15) is 4.79 Å².